The maximum atomic E-state index is 12.3. The van der Waals surface area contributed by atoms with E-state index in [2.05, 4.69) is 12.2 Å². The van der Waals surface area contributed by atoms with Crippen LogP contribution in [0.2, 0.25) is 0 Å². The van der Waals surface area contributed by atoms with Gasteiger partial charge in [0.15, 0.2) is 11.5 Å². The van der Waals surface area contributed by atoms with Gasteiger partial charge in [-0.25, -0.2) is 0 Å². The molecule has 2 aromatic carbocycles. The molecule has 1 aliphatic rings. The molecule has 2 aromatic rings. The summed E-state index contributed by atoms with van der Waals surface area (Å²) < 4.78 is 15.8. The van der Waals surface area contributed by atoms with Gasteiger partial charge in [0.1, 0.15) is 5.75 Å². The number of carbonyl (C=O) groups excluding carboxylic acids is 1. The number of carbonyl (C=O) groups is 1. The van der Waals surface area contributed by atoms with Gasteiger partial charge in [0.2, 0.25) is 12.7 Å². The highest BCUT2D eigenvalue weighted by Crippen LogP contribution is 2.32. The van der Waals surface area contributed by atoms with Gasteiger partial charge in [0, 0.05) is 12.6 Å². The average Bonchev–Trinajstić information content (AvgIpc) is 3.13. The lowest BCUT2D eigenvalue weighted by Crippen LogP contribution is -2.36. The Morgan fingerprint density at radius 2 is 1.92 bits per heavy atom. The molecule has 1 amide bonds. The van der Waals surface area contributed by atoms with Crippen molar-refractivity contribution in [1.29, 1.82) is 0 Å². The number of nitrogens with zero attached hydrogens (tertiary/aromatic N) is 1. The Labute approximate surface area is 153 Å². The zero-order valence-corrected chi connectivity index (χ0v) is 15.3. The third kappa shape index (κ3) is 4.26. The molecule has 0 saturated carbocycles. The Morgan fingerprint density at radius 1 is 1.19 bits per heavy atom. The van der Waals surface area contributed by atoms with Crippen molar-refractivity contribution in [3.63, 3.8) is 0 Å². The lowest BCUT2D eigenvalue weighted by molar-refractivity contribution is -0.122. The molecule has 1 unspecified atom stereocenters. The lowest BCUT2D eigenvalue weighted by atomic mass is 10.1. The predicted molar refractivity (Wildman–Crippen MR) is 98.5 cm³/mol. The van der Waals surface area contributed by atoms with Crippen molar-refractivity contribution in [2.24, 2.45) is 0 Å². The molecule has 3 rings (SSSR count). The molecule has 6 heteroatoms. The van der Waals surface area contributed by atoms with Crippen LogP contribution in [-0.2, 0) is 11.3 Å². The maximum Gasteiger partial charge on any atom is 0.234 e. The Bertz CT molecular complexity index is 761. The lowest BCUT2D eigenvalue weighted by Gasteiger charge is -2.24. The number of likely N-dealkylation sites (N-methyl/N-ethyl adjacent to an activating group) is 1. The van der Waals surface area contributed by atoms with Crippen LogP contribution < -0.4 is 19.5 Å². The van der Waals surface area contributed by atoms with E-state index in [9.17, 15) is 4.79 Å². The number of amides is 1. The molecule has 0 aliphatic carbocycles. The van der Waals surface area contributed by atoms with E-state index < -0.39 is 0 Å². The van der Waals surface area contributed by atoms with E-state index in [1.807, 2.05) is 54.4 Å². The molecule has 6 nitrogen and oxygen atoms in total. The standard InChI is InChI=1S/C20H24N2O4/c1-14(16-5-7-17(24-3)8-6-16)22(2)12-20(23)21-11-15-4-9-18-19(10-15)26-13-25-18/h4-10,14H,11-13H2,1-3H3,(H,21,23). The molecule has 0 fully saturated rings. The number of fused-ring (bicyclic) bond motifs is 1. The molecular formula is C20H24N2O4. The second-order valence-electron chi connectivity index (χ2n) is 6.33. The van der Waals surface area contributed by atoms with Crippen LogP contribution in [0.15, 0.2) is 42.5 Å². The summed E-state index contributed by atoms with van der Waals surface area (Å²) in [5.41, 5.74) is 2.12. The second-order valence-corrected chi connectivity index (χ2v) is 6.33. The minimum Gasteiger partial charge on any atom is -0.497 e. The highest BCUT2D eigenvalue weighted by molar-refractivity contribution is 5.78. The number of methoxy groups -OCH3 is 1. The zero-order chi connectivity index (χ0) is 18.5. The zero-order valence-electron chi connectivity index (χ0n) is 15.3. The van der Waals surface area contributed by atoms with Crippen molar-refractivity contribution in [3.05, 3.63) is 53.6 Å². The summed E-state index contributed by atoms with van der Waals surface area (Å²) in [5, 5.41) is 2.95. The summed E-state index contributed by atoms with van der Waals surface area (Å²) in [7, 11) is 3.59. The summed E-state index contributed by atoms with van der Waals surface area (Å²) in [6, 6.07) is 13.7. The molecule has 1 aliphatic heterocycles. The van der Waals surface area contributed by atoms with Crippen LogP contribution >= 0.6 is 0 Å². The monoisotopic (exact) mass is 356 g/mol. The predicted octanol–water partition coefficient (Wildman–Crippen LogP) is 2.73. The van der Waals surface area contributed by atoms with Gasteiger partial charge >= 0.3 is 0 Å². The van der Waals surface area contributed by atoms with Gasteiger partial charge in [-0.1, -0.05) is 18.2 Å². The first-order chi connectivity index (χ1) is 12.6. The van der Waals surface area contributed by atoms with E-state index in [4.69, 9.17) is 14.2 Å². The summed E-state index contributed by atoms with van der Waals surface area (Å²) in [6.45, 7) is 3.10. The highest BCUT2D eigenvalue weighted by Gasteiger charge is 2.16. The molecule has 1 atom stereocenters. The van der Waals surface area contributed by atoms with Crippen LogP contribution in [0.25, 0.3) is 0 Å². The van der Waals surface area contributed by atoms with Gasteiger partial charge in [-0.2, -0.15) is 0 Å². The molecule has 0 spiro atoms. The molecule has 26 heavy (non-hydrogen) atoms. The Balaban J connectivity index is 1.50. The smallest absolute Gasteiger partial charge is 0.234 e. The Kier molecular flexibility index (Phi) is 5.63. The fourth-order valence-electron chi connectivity index (χ4n) is 2.81. The summed E-state index contributed by atoms with van der Waals surface area (Å²) in [4.78, 5) is 14.3. The Hall–Kier alpha value is -2.73. The molecule has 0 saturated heterocycles. The van der Waals surface area contributed by atoms with Gasteiger partial charge in [0.25, 0.3) is 0 Å². The van der Waals surface area contributed by atoms with E-state index in [-0.39, 0.29) is 18.7 Å². The fourth-order valence-corrected chi connectivity index (χ4v) is 2.81. The van der Waals surface area contributed by atoms with Gasteiger partial charge < -0.3 is 19.5 Å². The summed E-state index contributed by atoms with van der Waals surface area (Å²) in [5.74, 6) is 2.27. The van der Waals surface area contributed by atoms with Crippen molar-refractivity contribution in [2.75, 3.05) is 27.5 Å². The number of ether oxygens (including phenoxy) is 3. The number of hydrogen-bond acceptors (Lipinski definition) is 5. The third-order valence-corrected chi connectivity index (χ3v) is 4.58. The fraction of sp³-hybridized carbons (Fsp3) is 0.350. The summed E-state index contributed by atoms with van der Waals surface area (Å²) in [6.07, 6.45) is 0. The first kappa shape index (κ1) is 18.1. The normalized spacial score (nSPS) is 13.5. The number of benzene rings is 2. The molecular weight excluding hydrogens is 332 g/mol. The van der Waals surface area contributed by atoms with Crippen molar-refractivity contribution in [3.8, 4) is 17.2 Å². The van der Waals surface area contributed by atoms with E-state index in [0.29, 0.717) is 13.1 Å². The first-order valence-corrected chi connectivity index (χ1v) is 8.56. The van der Waals surface area contributed by atoms with Crippen LogP contribution in [0.3, 0.4) is 0 Å². The molecule has 1 N–H and O–H groups in total. The van der Waals surface area contributed by atoms with E-state index in [1.165, 1.54) is 0 Å². The summed E-state index contributed by atoms with van der Waals surface area (Å²) >= 11 is 0. The minimum absolute atomic E-state index is 0.0227. The number of rotatable bonds is 7. The third-order valence-electron chi connectivity index (χ3n) is 4.58. The van der Waals surface area contributed by atoms with Gasteiger partial charge in [-0.3, -0.25) is 9.69 Å². The molecule has 0 radical (unpaired) electrons. The van der Waals surface area contributed by atoms with Crippen molar-refractivity contribution in [1.82, 2.24) is 10.2 Å². The average molecular weight is 356 g/mol. The van der Waals surface area contributed by atoms with Crippen LogP contribution in [-0.4, -0.2) is 38.3 Å². The number of hydrogen-bond donors (Lipinski definition) is 1. The van der Waals surface area contributed by atoms with Crippen molar-refractivity contribution in [2.45, 2.75) is 19.5 Å². The van der Waals surface area contributed by atoms with Crippen LogP contribution in [0.5, 0.6) is 17.2 Å². The van der Waals surface area contributed by atoms with Crippen LogP contribution in [0, 0.1) is 0 Å². The second kappa shape index (κ2) is 8.10. The Morgan fingerprint density at radius 3 is 2.65 bits per heavy atom. The molecule has 0 aromatic heterocycles. The minimum atomic E-state index is -0.0227. The van der Waals surface area contributed by atoms with E-state index >= 15 is 0 Å². The maximum absolute atomic E-state index is 12.3. The highest BCUT2D eigenvalue weighted by atomic mass is 16.7. The van der Waals surface area contributed by atoms with Crippen molar-refractivity contribution >= 4 is 5.91 Å². The van der Waals surface area contributed by atoms with Crippen molar-refractivity contribution < 1.29 is 19.0 Å². The topological polar surface area (TPSA) is 60.0 Å². The van der Waals surface area contributed by atoms with E-state index in [0.717, 1.165) is 28.4 Å². The molecule has 0 bridgehead atoms. The molecule has 138 valence electrons. The van der Waals surface area contributed by atoms with Gasteiger partial charge in [0.05, 0.1) is 13.7 Å². The first-order valence-electron chi connectivity index (χ1n) is 8.56. The van der Waals surface area contributed by atoms with E-state index in [1.54, 1.807) is 7.11 Å². The van der Waals surface area contributed by atoms with Gasteiger partial charge in [-0.15, -0.1) is 0 Å². The molecule has 1 heterocycles. The SMILES string of the molecule is COc1ccc(C(C)N(C)CC(=O)NCc2ccc3c(c2)OCO3)cc1. The quantitative estimate of drug-likeness (QED) is 0.827. The van der Waals surface area contributed by atoms with Crippen LogP contribution in [0.1, 0.15) is 24.1 Å². The van der Waals surface area contributed by atoms with Crippen LogP contribution in [0.4, 0.5) is 0 Å². The number of nitrogens with one attached hydrogen (secondary N) is 1. The van der Waals surface area contributed by atoms with Gasteiger partial charge in [-0.05, 0) is 49.4 Å². The largest absolute Gasteiger partial charge is 0.497 e.